The Balaban J connectivity index is 2.39. The monoisotopic (exact) mass is 280 g/mol. The molecule has 1 heterocycles. The second-order valence-corrected chi connectivity index (χ2v) is 3.59. The molecule has 7 nitrogen and oxygen atoms in total. The summed E-state index contributed by atoms with van der Waals surface area (Å²) < 4.78 is 26.1. The van der Waals surface area contributed by atoms with E-state index < -0.39 is 33.7 Å². The summed E-state index contributed by atoms with van der Waals surface area (Å²) in [5.74, 6) is -3.74. The van der Waals surface area contributed by atoms with E-state index in [1.54, 1.807) is 0 Å². The molecule has 0 unspecified atom stereocenters. The maximum absolute atomic E-state index is 13.1. The molecule has 9 heteroatoms. The molecule has 2 rings (SSSR count). The van der Waals surface area contributed by atoms with Crippen LogP contribution in [0.5, 0.6) is 0 Å². The summed E-state index contributed by atoms with van der Waals surface area (Å²) in [7, 11) is 0. The molecule has 0 saturated heterocycles. The first kappa shape index (κ1) is 13.5. The van der Waals surface area contributed by atoms with E-state index in [1.807, 2.05) is 0 Å². The van der Waals surface area contributed by atoms with Gasteiger partial charge in [-0.25, -0.2) is 13.8 Å². The third kappa shape index (κ3) is 2.71. The molecule has 0 aliphatic carbocycles. The minimum atomic E-state index is -1.41. The van der Waals surface area contributed by atoms with Crippen molar-refractivity contribution in [1.29, 1.82) is 0 Å². The van der Waals surface area contributed by atoms with Crippen molar-refractivity contribution in [3.05, 3.63) is 58.0 Å². The highest BCUT2D eigenvalue weighted by Gasteiger charge is 2.24. The number of nitro groups is 1. The molecule has 0 radical (unpaired) electrons. The van der Waals surface area contributed by atoms with Gasteiger partial charge in [-0.05, 0) is 6.07 Å². The first-order chi connectivity index (χ1) is 9.49. The van der Waals surface area contributed by atoms with E-state index in [0.29, 0.717) is 12.1 Å². The van der Waals surface area contributed by atoms with Gasteiger partial charge in [0, 0.05) is 12.4 Å². The average Bonchev–Trinajstić information content (AvgIpc) is 2.42. The molecule has 0 aliphatic rings. The molecule has 0 aliphatic heterocycles. The zero-order chi connectivity index (χ0) is 14.7. The fraction of sp³-hybridized carbons (Fsp3) is 0. The molecule has 0 bridgehead atoms. The summed E-state index contributed by atoms with van der Waals surface area (Å²) in [5.41, 5.74) is -1.45. The van der Waals surface area contributed by atoms with Crippen LogP contribution >= 0.6 is 0 Å². The van der Waals surface area contributed by atoms with Gasteiger partial charge in [-0.2, -0.15) is 0 Å². The molecule has 0 atom stereocenters. The Morgan fingerprint density at radius 2 is 1.95 bits per heavy atom. The second kappa shape index (κ2) is 5.34. The van der Waals surface area contributed by atoms with Crippen LogP contribution in [0.25, 0.3) is 0 Å². The number of nitrogens with zero attached hydrogens (tertiary/aromatic N) is 3. The number of rotatable bonds is 3. The Kier molecular flexibility index (Phi) is 3.60. The Hall–Kier alpha value is -2.97. The van der Waals surface area contributed by atoms with E-state index in [-0.39, 0.29) is 5.82 Å². The zero-order valence-electron chi connectivity index (χ0n) is 9.71. The van der Waals surface area contributed by atoms with Gasteiger partial charge in [0.15, 0.2) is 17.5 Å². The lowest BCUT2D eigenvalue weighted by Gasteiger charge is -2.05. The molecule has 1 aromatic heterocycles. The third-order valence-corrected chi connectivity index (χ3v) is 2.28. The molecule has 1 aromatic carbocycles. The predicted molar refractivity (Wildman–Crippen MR) is 63.0 cm³/mol. The number of halogens is 2. The maximum atomic E-state index is 13.1. The Labute approximate surface area is 110 Å². The molecule has 0 saturated carbocycles. The lowest BCUT2D eigenvalue weighted by atomic mass is 10.1. The van der Waals surface area contributed by atoms with Crippen LogP contribution in [0.3, 0.4) is 0 Å². The number of amides is 1. The van der Waals surface area contributed by atoms with Crippen molar-refractivity contribution in [3.63, 3.8) is 0 Å². The van der Waals surface area contributed by atoms with Gasteiger partial charge < -0.3 is 5.32 Å². The SMILES string of the molecule is O=C(Nc1cnccn1)c1cc(F)c(F)cc1[N+](=O)[O-]. The van der Waals surface area contributed by atoms with Crippen molar-refractivity contribution in [2.24, 2.45) is 0 Å². The quantitative estimate of drug-likeness (QED) is 0.684. The highest BCUT2D eigenvalue weighted by molar-refractivity contribution is 6.06. The molecule has 1 amide bonds. The zero-order valence-corrected chi connectivity index (χ0v) is 9.71. The van der Waals surface area contributed by atoms with Crippen molar-refractivity contribution >= 4 is 17.4 Å². The fourth-order valence-corrected chi connectivity index (χ4v) is 1.42. The fourth-order valence-electron chi connectivity index (χ4n) is 1.42. The van der Waals surface area contributed by atoms with Crippen molar-refractivity contribution in [2.45, 2.75) is 0 Å². The molecular formula is C11H6F2N4O3. The summed E-state index contributed by atoms with van der Waals surface area (Å²) in [6.45, 7) is 0. The predicted octanol–water partition coefficient (Wildman–Crippen LogP) is 1.92. The maximum Gasteiger partial charge on any atom is 0.285 e. The number of carbonyl (C=O) groups is 1. The Bertz CT molecular complexity index is 679. The van der Waals surface area contributed by atoms with Gasteiger partial charge in [0.05, 0.1) is 17.2 Å². The lowest BCUT2D eigenvalue weighted by Crippen LogP contribution is -2.15. The van der Waals surface area contributed by atoms with E-state index in [4.69, 9.17) is 0 Å². The summed E-state index contributed by atoms with van der Waals surface area (Å²) in [6.07, 6.45) is 3.84. The van der Waals surface area contributed by atoms with Gasteiger partial charge in [-0.1, -0.05) is 0 Å². The normalized spacial score (nSPS) is 10.1. The van der Waals surface area contributed by atoms with Crippen molar-refractivity contribution < 1.29 is 18.5 Å². The number of carbonyl (C=O) groups excluding carboxylic acids is 1. The van der Waals surface area contributed by atoms with E-state index in [1.165, 1.54) is 18.6 Å². The third-order valence-electron chi connectivity index (χ3n) is 2.28. The van der Waals surface area contributed by atoms with Crippen LogP contribution in [0.15, 0.2) is 30.7 Å². The van der Waals surface area contributed by atoms with E-state index in [0.717, 1.165) is 0 Å². The van der Waals surface area contributed by atoms with Gasteiger partial charge in [-0.15, -0.1) is 0 Å². The number of hydrogen-bond acceptors (Lipinski definition) is 5. The standard InChI is InChI=1S/C11H6F2N4O3/c12-7-3-6(9(17(19)20)4-8(7)13)11(18)16-10-5-14-1-2-15-10/h1-5H,(H,15,16,18). The topological polar surface area (TPSA) is 98.0 Å². The average molecular weight is 280 g/mol. The van der Waals surface area contributed by atoms with Crippen LogP contribution in [-0.4, -0.2) is 20.8 Å². The number of aromatic nitrogens is 2. The number of hydrogen-bond donors (Lipinski definition) is 1. The molecule has 0 fully saturated rings. The van der Waals surface area contributed by atoms with Gasteiger partial charge >= 0.3 is 0 Å². The molecule has 0 spiro atoms. The first-order valence-electron chi connectivity index (χ1n) is 5.20. The summed E-state index contributed by atoms with van der Waals surface area (Å²) in [4.78, 5) is 29.0. The first-order valence-corrected chi connectivity index (χ1v) is 5.20. The van der Waals surface area contributed by atoms with E-state index in [9.17, 15) is 23.7 Å². The second-order valence-electron chi connectivity index (χ2n) is 3.59. The van der Waals surface area contributed by atoms with E-state index >= 15 is 0 Å². The molecule has 1 N–H and O–H groups in total. The summed E-state index contributed by atoms with van der Waals surface area (Å²) >= 11 is 0. The minimum absolute atomic E-state index is 0.0246. The summed E-state index contributed by atoms with van der Waals surface area (Å²) in [6, 6.07) is 0.806. The largest absolute Gasteiger partial charge is 0.305 e. The smallest absolute Gasteiger partial charge is 0.285 e. The van der Waals surface area contributed by atoms with Gasteiger partial charge in [0.25, 0.3) is 11.6 Å². The number of nitrogens with one attached hydrogen (secondary N) is 1. The van der Waals surface area contributed by atoms with Crippen LogP contribution in [0.4, 0.5) is 20.3 Å². The lowest BCUT2D eigenvalue weighted by molar-refractivity contribution is -0.385. The van der Waals surface area contributed by atoms with Gasteiger partial charge in [0.2, 0.25) is 0 Å². The van der Waals surface area contributed by atoms with Crippen LogP contribution in [-0.2, 0) is 0 Å². The van der Waals surface area contributed by atoms with Gasteiger partial charge in [0.1, 0.15) is 5.56 Å². The molecular weight excluding hydrogens is 274 g/mol. The molecule has 2 aromatic rings. The van der Waals surface area contributed by atoms with Crippen LogP contribution < -0.4 is 5.32 Å². The van der Waals surface area contributed by atoms with Crippen molar-refractivity contribution in [3.8, 4) is 0 Å². The number of benzene rings is 1. The van der Waals surface area contributed by atoms with Crippen molar-refractivity contribution in [2.75, 3.05) is 5.32 Å². The highest BCUT2D eigenvalue weighted by atomic mass is 19.2. The van der Waals surface area contributed by atoms with Crippen LogP contribution in [0.2, 0.25) is 0 Å². The van der Waals surface area contributed by atoms with Crippen LogP contribution in [0.1, 0.15) is 10.4 Å². The Morgan fingerprint density at radius 1 is 1.25 bits per heavy atom. The number of nitro benzene ring substituents is 1. The van der Waals surface area contributed by atoms with Crippen molar-refractivity contribution in [1.82, 2.24) is 9.97 Å². The minimum Gasteiger partial charge on any atom is -0.305 e. The molecule has 102 valence electrons. The highest BCUT2D eigenvalue weighted by Crippen LogP contribution is 2.23. The summed E-state index contributed by atoms with van der Waals surface area (Å²) in [5, 5.41) is 12.9. The van der Waals surface area contributed by atoms with Gasteiger partial charge in [-0.3, -0.25) is 19.9 Å². The van der Waals surface area contributed by atoms with Crippen LogP contribution in [0, 0.1) is 21.7 Å². The Morgan fingerprint density at radius 3 is 2.55 bits per heavy atom. The van der Waals surface area contributed by atoms with E-state index in [2.05, 4.69) is 15.3 Å². The number of anilines is 1. The molecule has 20 heavy (non-hydrogen) atoms.